The number of hydrogen-bond donors (Lipinski definition) is 1. The van der Waals surface area contributed by atoms with Gasteiger partial charge in [-0.1, -0.05) is 6.07 Å². The van der Waals surface area contributed by atoms with Gasteiger partial charge in [-0.3, -0.25) is 14.5 Å². The summed E-state index contributed by atoms with van der Waals surface area (Å²) in [5, 5.41) is 0. The van der Waals surface area contributed by atoms with Crippen molar-refractivity contribution in [3.05, 3.63) is 48.2 Å². The van der Waals surface area contributed by atoms with Crippen LogP contribution in [0.2, 0.25) is 0 Å². The molecule has 3 rings (SSSR count). The standard InChI is InChI=1S/C17H18N4O5S/c1-26-14-6-5-12(10-13(14)17(18)23)27(24,25)20-8-9-21(16(22)11-20)15-4-2-3-7-19-15/h2-7,10H,8-9,11H2,1H3,(H2,18,23). The normalized spacial score (nSPS) is 15.6. The number of amides is 2. The zero-order valence-corrected chi connectivity index (χ0v) is 15.3. The first-order chi connectivity index (χ1) is 12.8. The summed E-state index contributed by atoms with van der Waals surface area (Å²) < 4.78 is 31.9. The van der Waals surface area contributed by atoms with E-state index >= 15 is 0 Å². The van der Waals surface area contributed by atoms with Crippen LogP contribution in [0.1, 0.15) is 10.4 Å². The molecule has 1 aliphatic heterocycles. The van der Waals surface area contributed by atoms with E-state index in [-0.39, 0.29) is 41.7 Å². The number of aromatic nitrogens is 1. The van der Waals surface area contributed by atoms with Crippen LogP contribution in [0.3, 0.4) is 0 Å². The van der Waals surface area contributed by atoms with Gasteiger partial charge in [0.1, 0.15) is 11.6 Å². The molecule has 0 spiro atoms. The van der Waals surface area contributed by atoms with Crippen molar-refractivity contribution in [3.8, 4) is 5.75 Å². The number of ether oxygens (including phenoxy) is 1. The number of carbonyl (C=O) groups excluding carboxylic acids is 2. The van der Waals surface area contributed by atoms with Crippen molar-refractivity contribution in [2.75, 3.05) is 31.6 Å². The number of piperazine rings is 1. The molecular formula is C17H18N4O5S. The van der Waals surface area contributed by atoms with Crippen LogP contribution in [0.5, 0.6) is 5.75 Å². The van der Waals surface area contributed by atoms with Crippen LogP contribution in [0.25, 0.3) is 0 Å². The lowest BCUT2D eigenvalue weighted by atomic mass is 10.2. The van der Waals surface area contributed by atoms with Crippen molar-refractivity contribution in [1.82, 2.24) is 9.29 Å². The van der Waals surface area contributed by atoms with E-state index in [1.54, 1.807) is 24.4 Å². The first kappa shape index (κ1) is 18.8. The van der Waals surface area contributed by atoms with Gasteiger partial charge >= 0.3 is 0 Å². The fraction of sp³-hybridized carbons (Fsp3) is 0.235. The third-order valence-electron chi connectivity index (χ3n) is 4.19. The fourth-order valence-electron chi connectivity index (χ4n) is 2.80. The van der Waals surface area contributed by atoms with Gasteiger partial charge < -0.3 is 10.5 Å². The largest absolute Gasteiger partial charge is 0.496 e. The lowest BCUT2D eigenvalue weighted by Gasteiger charge is -2.33. The molecule has 2 N–H and O–H groups in total. The van der Waals surface area contributed by atoms with E-state index in [1.807, 2.05) is 0 Å². The Morgan fingerprint density at radius 3 is 2.59 bits per heavy atom. The van der Waals surface area contributed by atoms with Crippen LogP contribution < -0.4 is 15.4 Å². The van der Waals surface area contributed by atoms with Crippen LogP contribution in [-0.2, 0) is 14.8 Å². The first-order valence-corrected chi connectivity index (χ1v) is 9.48. The third-order valence-corrected chi connectivity index (χ3v) is 6.03. The molecule has 2 aromatic rings. The summed E-state index contributed by atoms with van der Waals surface area (Å²) in [5.41, 5.74) is 5.25. The second-order valence-corrected chi connectivity index (χ2v) is 7.74. The summed E-state index contributed by atoms with van der Waals surface area (Å²) >= 11 is 0. The van der Waals surface area contributed by atoms with Crippen LogP contribution in [0.4, 0.5) is 5.82 Å². The zero-order valence-electron chi connectivity index (χ0n) is 14.5. The third kappa shape index (κ3) is 3.62. The highest BCUT2D eigenvalue weighted by molar-refractivity contribution is 7.89. The molecule has 1 aromatic heterocycles. The van der Waals surface area contributed by atoms with Crippen LogP contribution in [0.15, 0.2) is 47.5 Å². The molecule has 0 atom stereocenters. The summed E-state index contributed by atoms with van der Waals surface area (Å²) in [6, 6.07) is 9.00. The molecule has 0 radical (unpaired) electrons. The average molecular weight is 390 g/mol. The summed E-state index contributed by atoms with van der Waals surface area (Å²) in [5.74, 6) is -0.537. The lowest BCUT2D eigenvalue weighted by molar-refractivity contribution is -0.120. The SMILES string of the molecule is COc1ccc(S(=O)(=O)N2CCN(c3ccccn3)C(=O)C2)cc1C(N)=O. The monoisotopic (exact) mass is 390 g/mol. The van der Waals surface area contributed by atoms with Crippen molar-refractivity contribution in [2.24, 2.45) is 5.73 Å². The molecule has 142 valence electrons. The molecule has 9 nitrogen and oxygen atoms in total. The number of carbonyl (C=O) groups is 2. The summed E-state index contributed by atoms with van der Waals surface area (Å²) in [6.07, 6.45) is 1.56. The molecule has 0 aliphatic carbocycles. The molecule has 10 heteroatoms. The van der Waals surface area contributed by atoms with Crippen molar-refractivity contribution >= 4 is 27.7 Å². The van der Waals surface area contributed by atoms with Gasteiger partial charge in [0.25, 0.3) is 5.91 Å². The highest BCUT2D eigenvalue weighted by Crippen LogP contribution is 2.25. The van der Waals surface area contributed by atoms with Gasteiger partial charge in [0.15, 0.2) is 0 Å². The number of hydrogen-bond acceptors (Lipinski definition) is 6. The number of sulfonamides is 1. The highest BCUT2D eigenvalue weighted by Gasteiger charge is 2.34. The molecule has 2 amide bonds. The maximum absolute atomic E-state index is 12.9. The van der Waals surface area contributed by atoms with Gasteiger partial charge in [-0.05, 0) is 30.3 Å². The molecule has 0 bridgehead atoms. The van der Waals surface area contributed by atoms with E-state index in [9.17, 15) is 18.0 Å². The number of nitrogens with zero attached hydrogens (tertiary/aromatic N) is 3. The van der Waals surface area contributed by atoms with Gasteiger partial charge in [0.2, 0.25) is 15.9 Å². The predicted molar refractivity (Wildman–Crippen MR) is 96.9 cm³/mol. The van der Waals surface area contributed by atoms with E-state index in [0.717, 1.165) is 10.4 Å². The zero-order chi connectivity index (χ0) is 19.6. The summed E-state index contributed by atoms with van der Waals surface area (Å²) in [7, 11) is -2.63. The van der Waals surface area contributed by atoms with Gasteiger partial charge in [0, 0.05) is 19.3 Å². The van der Waals surface area contributed by atoms with E-state index < -0.39 is 15.9 Å². The maximum atomic E-state index is 12.9. The van der Waals surface area contributed by atoms with Gasteiger partial charge in [-0.2, -0.15) is 4.31 Å². The number of benzene rings is 1. The van der Waals surface area contributed by atoms with Crippen molar-refractivity contribution in [2.45, 2.75) is 4.90 Å². The Balaban J connectivity index is 1.86. The van der Waals surface area contributed by atoms with Gasteiger partial charge in [-0.25, -0.2) is 13.4 Å². The minimum atomic E-state index is -3.98. The molecule has 2 heterocycles. The quantitative estimate of drug-likeness (QED) is 0.779. The Kier molecular flexibility index (Phi) is 5.10. The molecule has 1 aliphatic rings. The first-order valence-electron chi connectivity index (χ1n) is 8.04. The topological polar surface area (TPSA) is 123 Å². The van der Waals surface area contributed by atoms with E-state index in [4.69, 9.17) is 10.5 Å². The minimum absolute atomic E-state index is 0.0444. The van der Waals surface area contributed by atoms with Crippen LogP contribution in [-0.4, -0.2) is 56.3 Å². The average Bonchev–Trinajstić information content (AvgIpc) is 2.67. The maximum Gasteiger partial charge on any atom is 0.252 e. The number of pyridine rings is 1. The fourth-order valence-corrected chi connectivity index (χ4v) is 4.21. The molecule has 27 heavy (non-hydrogen) atoms. The predicted octanol–water partition coefficient (Wildman–Crippen LogP) is 0.227. The minimum Gasteiger partial charge on any atom is -0.496 e. The molecule has 0 saturated carbocycles. The second-order valence-electron chi connectivity index (χ2n) is 5.80. The van der Waals surface area contributed by atoms with Gasteiger partial charge in [-0.15, -0.1) is 0 Å². The van der Waals surface area contributed by atoms with Crippen molar-refractivity contribution in [1.29, 1.82) is 0 Å². The Morgan fingerprint density at radius 2 is 2.00 bits per heavy atom. The molecule has 1 fully saturated rings. The van der Waals surface area contributed by atoms with Crippen molar-refractivity contribution < 1.29 is 22.7 Å². The molecule has 0 unspecified atom stereocenters. The molecule has 1 aromatic carbocycles. The highest BCUT2D eigenvalue weighted by atomic mass is 32.2. The smallest absolute Gasteiger partial charge is 0.252 e. The number of primary amides is 1. The number of anilines is 1. The Morgan fingerprint density at radius 1 is 1.22 bits per heavy atom. The number of nitrogens with two attached hydrogens (primary N) is 1. The van der Waals surface area contributed by atoms with E-state index in [1.165, 1.54) is 24.1 Å². The number of rotatable bonds is 5. The summed E-state index contributed by atoms with van der Waals surface area (Å²) in [4.78, 5) is 29.4. The second kappa shape index (κ2) is 7.33. The van der Waals surface area contributed by atoms with Crippen molar-refractivity contribution in [3.63, 3.8) is 0 Å². The number of methoxy groups -OCH3 is 1. The van der Waals surface area contributed by atoms with Crippen LogP contribution >= 0.6 is 0 Å². The van der Waals surface area contributed by atoms with Crippen LogP contribution in [0, 0.1) is 0 Å². The lowest BCUT2D eigenvalue weighted by Crippen LogP contribution is -2.52. The molecular weight excluding hydrogens is 372 g/mol. The Labute approximate surface area is 156 Å². The van der Waals surface area contributed by atoms with E-state index in [0.29, 0.717) is 5.82 Å². The Bertz CT molecular complexity index is 978. The Hall–Kier alpha value is -2.98. The van der Waals surface area contributed by atoms with Gasteiger partial charge in [0.05, 0.1) is 24.1 Å². The van der Waals surface area contributed by atoms with E-state index in [2.05, 4.69) is 4.98 Å². The summed E-state index contributed by atoms with van der Waals surface area (Å²) in [6.45, 7) is -0.0483. The molecule has 1 saturated heterocycles.